The summed E-state index contributed by atoms with van der Waals surface area (Å²) in [6.07, 6.45) is -5.75. The lowest BCUT2D eigenvalue weighted by Crippen LogP contribution is -2.52. The van der Waals surface area contributed by atoms with E-state index in [1.54, 1.807) is 19.2 Å². The van der Waals surface area contributed by atoms with E-state index in [-0.39, 0.29) is 25.8 Å². The number of halogens is 4. The van der Waals surface area contributed by atoms with Gasteiger partial charge in [-0.15, -0.1) is 0 Å². The Balaban J connectivity index is 2.00. The van der Waals surface area contributed by atoms with Gasteiger partial charge in [-0.25, -0.2) is 9.18 Å². The van der Waals surface area contributed by atoms with Gasteiger partial charge in [0, 0.05) is 5.69 Å². The minimum Gasteiger partial charge on any atom is -0.459 e. The van der Waals surface area contributed by atoms with Crippen LogP contribution in [0.3, 0.4) is 0 Å². The van der Waals surface area contributed by atoms with Crippen LogP contribution in [0.2, 0.25) is 0 Å². The van der Waals surface area contributed by atoms with Gasteiger partial charge in [0.25, 0.3) is 5.91 Å². The lowest BCUT2D eigenvalue weighted by molar-refractivity contribution is -0.242. The molecule has 0 aromatic heterocycles. The quantitative estimate of drug-likeness (QED) is 0.573. The summed E-state index contributed by atoms with van der Waals surface area (Å²) < 4.78 is 67.7. The Labute approximate surface area is 157 Å². The van der Waals surface area contributed by atoms with Crippen LogP contribution in [-0.2, 0) is 19.0 Å². The molecule has 11 heteroatoms. The molecule has 28 heavy (non-hydrogen) atoms. The zero-order valence-corrected chi connectivity index (χ0v) is 15.2. The van der Waals surface area contributed by atoms with E-state index in [4.69, 9.17) is 14.2 Å². The molecule has 1 aromatic rings. The van der Waals surface area contributed by atoms with Crippen LogP contribution >= 0.6 is 0 Å². The zero-order chi connectivity index (χ0) is 21.3. The van der Waals surface area contributed by atoms with Gasteiger partial charge >= 0.3 is 12.1 Å². The van der Waals surface area contributed by atoms with Crippen molar-refractivity contribution in [3.8, 4) is 0 Å². The Morgan fingerprint density at radius 3 is 2.50 bits per heavy atom. The fourth-order valence-corrected chi connectivity index (χ4v) is 2.23. The summed E-state index contributed by atoms with van der Waals surface area (Å²) in [5.74, 6) is -4.76. The maximum absolute atomic E-state index is 14.1. The highest BCUT2D eigenvalue weighted by atomic mass is 19.4. The molecule has 1 aliphatic heterocycles. The van der Waals surface area contributed by atoms with Gasteiger partial charge in [-0.3, -0.25) is 4.79 Å². The van der Waals surface area contributed by atoms with E-state index in [0.29, 0.717) is 6.07 Å². The van der Waals surface area contributed by atoms with E-state index in [1.165, 1.54) is 0 Å². The van der Waals surface area contributed by atoms with Crippen molar-refractivity contribution in [2.24, 2.45) is 0 Å². The first-order chi connectivity index (χ1) is 12.7. The smallest absolute Gasteiger partial charge is 0.426 e. The van der Waals surface area contributed by atoms with Crippen LogP contribution in [0.25, 0.3) is 0 Å². The lowest BCUT2D eigenvalue weighted by Gasteiger charge is -2.24. The largest absolute Gasteiger partial charge is 0.459 e. The molecule has 2 atom stereocenters. The first-order valence-corrected chi connectivity index (χ1v) is 8.12. The number of anilines is 1. The summed E-state index contributed by atoms with van der Waals surface area (Å²) in [5.41, 5.74) is -4.53. The first kappa shape index (κ1) is 22.1. The van der Waals surface area contributed by atoms with Crippen LogP contribution in [-0.4, -0.2) is 53.9 Å². The lowest BCUT2D eigenvalue weighted by atomic mass is 10.1. The van der Waals surface area contributed by atoms with Crippen LogP contribution in [0.5, 0.6) is 0 Å². The molecule has 1 heterocycles. The highest BCUT2D eigenvalue weighted by Gasteiger charge is 2.55. The molecule has 2 N–H and O–H groups in total. The molecule has 2 rings (SSSR count). The molecule has 1 aromatic carbocycles. The molecule has 0 spiro atoms. The number of carbonyl (C=O) groups is 2. The second kappa shape index (κ2) is 7.64. The highest BCUT2D eigenvalue weighted by molar-refractivity contribution is 5.98. The van der Waals surface area contributed by atoms with E-state index in [0.717, 1.165) is 12.1 Å². The second-order valence-corrected chi connectivity index (χ2v) is 6.77. The summed E-state index contributed by atoms with van der Waals surface area (Å²) in [5, 5.41) is 11.0. The predicted octanol–water partition coefficient (Wildman–Crippen LogP) is 2.39. The monoisotopic (exact) mass is 409 g/mol. The van der Waals surface area contributed by atoms with Crippen LogP contribution in [0.1, 0.15) is 31.1 Å². The van der Waals surface area contributed by atoms with E-state index in [1.807, 2.05) is 0 Å². The van der Waals surface area contributed by atoms with E-state index in [2.05, 4.69) is 0 Å². The molecule has 1 saturated heterocycles. The van der Waals surface area contributed by atoms with Gasteiger partial charge in [-0.1, -0.05) is 0 Å². The molecule has 0 bridgehead atoms. The molecular formula is C17H19F4NO6. The van der Waals surface area contributed by atoms with Crippen molar-refractivity contribution >= 4 is 17.6 Å². The summed E-state index contributed by atoms with van der Waals surface area (Å²) in [6, 6.07) is 2.58. The molecule has 156 valence electrons. The van der Waals surface area contributed by atoms with E-state index < -0.39 is 46.9 Å². The number of ether oxygens (including phenoxy) is 3. The number of nitrogens with one attached hydrogen (secondary N) is 1. The van der Waals surface area contributed by atoms with Gasteiger partial charge in [0.05, 0.1) is 12.2 Å². The van der Waals surface area contributed by atoms with Crippen molar-refractivity contribution in [1.29, 1.82) is 0 Å². The van der Waals surface area contributed by atoms with Crippen molar-refractivity contribution in [3.05, 3.63) is 29.6 Å². The van der Waals surface area contributed by atoms with E-state index in [9.17, 15) is 32.3 Å². The van der Waals surface area contributed by atoms with Crippen LogP contribution in [0.4, 0.5) is 23.2 Å². The summed E-state index contributed by atoms with van der Waals surface area (Å²) in [6.45, 7) is 3.62. The summed E-state index contributed by atoms with van der Waals surface area (Å²) >= 11 is 0. The minimum absolute atomic E-state index is 0.186. The average molecular weight is 409 g/mol. The number of hydrogen-bond donors (Lipinski definition) is 2. The fraction of sp³-hybridized carbons (Fsp3) is 0.529. The maximum atomic E-state index is 14.1. The molecule has 0 radical (unpaired) electrons. The van der Waals surface area contributed by atoms with Crippen LogP contribution < -0.4 is 5.32 Å². The molecular weight excluding hydrogens is 390 g/mol. The van der Waals surface area contributed by atoms with E-state index >= 15 is 0 Å². The van der Waals surface area contributed by atoms with Gasteiger partial charge < -0.3 is 24.6 Å². The molecule has 0 aliphatic carbocycles. The highest BCUT2D eigenvalue weighted by Crippen LogP contribution is 2.31. The zero-order valence-electron chi connectivity index (χ0n) is 15.2. The molecule has 7 nitrogen and oxygen atoms in total. The Morgan fingerprint density at radius 2 is 2.00 bits per heavy atom. The van der Waals surface area contributed by atoms with Gasteiger partial charge in [0.2, 0.25) is 5.60 Å². The molecule has 0 saturated carbocycles. The number of esters is 1. The van der Waals surface area contributed by atoms with Gasteiger partial charge in [-0.05, 0) is 39.0 Å². The number of aliphatic hydroxyl groups is 1. The Bertz CT molecular complexity index is 763. The van der Waals surface area contributed by atoms with Crippen molar-refractivity contribution < 1.29 is 46.5 Å². The number of carbonyl (C=O) groups excluding carboxylic acids is 2. The Hall–Kier alpha value is -2.24. The maximum Gasteiger partial charge on any atom is 0.426 e. The van der Waals surface area contributed by atoms with Gasteiger partial charge in [0.15, 0.2) is 5.79 Å². The predicted molar refractivity (Wildman–Crippen MR) is 86.9 cm³/mol. The third-order valence-corrected chi connectivity index (χ3v) is 3.91. The molecule has 1 amide bonds. The topological polar surface area (TPSA) is 94.1 Å². The average Bonchev–Trinajstić information content (AvgIpc) is 2.90. The third kappa shape index (κ3) is 4.97. The van der Waals surface area contributed by atoms with Crippen LogP contribution in [0, 0.1) is 5.82 Å². The van der Waals surface area contributed by atoms with Gasteiger partial charge in [0.1, 0.15) is 18.5 Å². The third-order valence-electron chi connectivity index (χ3n) is 3.91. The number of amides is 1. The fourth-order valence-electron chi connectivity index (χ4n) is 2.23. The van der Waals surface area contributed by atoms with Crippen molar-refractivity contribution in [1.82, 2.24) is 0 Å². The number of hydrogen-bond acceptors (Lipinski definition) is 6. The molecule has 1 aliphatic rings. The SMILES string of the molecule is CC1(C)OCC(COC(=O)c2ccc(NC(=O)C(C)(O)C(F)(F)F)cc2F)O1. The normalized spacial score (nSPS) is 21.1. The number of rotatable bonds is 5. The summed E-state index contributed by atoms with van der Waals surface area (Å²) in [7, 11) is 0. The Morgan fingerprint density at radius 1 is 1.36 bits per heavy atom. The Kier molecular flexibility index (Phi) is 6.02. The molecule has 1 fully saturated rings. The van der Waals surface area contributed by atoms with Crippen molar-refractivity contribution in [2.45, 2.75) is 44.4 Å². The van der Waals surface area contributed by atoms with Crippen molar-refractivity contribution in [2.75, 3.05) is 18.5 Å². The summed E-state index contributed by atoms with van der Waals surface area (Å²) in [4.78, 5) is 23.6. The number of alkyl halides is 3. The van der Waals surface area contributed by atoms with Crippen molar-refractivity contribution in [3.63, 3.8) is 0 Å². The molecule has 2 unspecified atom stereocenters. The van der Waals surface area contributed by atoms with Gasteiger partial charge in [-0.2, -0.15) is 13.2 Å². The first-order valence-electron chi connectivity index (χ1n) is 8.12. The standard InChI is InChI=1S/C17H19F4NO6/c1-15(2)27-8-10(28-15)7-26-13(23)11-5-4-9(6-12(11)18)22-14(24)16(3,25)17(19,20)21/h4-6,10,25H,7-8H2,1-3H3,(H,22,24). The van der Waals surface area contributed by atoms with Crippen LogP contribution in [0.15, 0.2) is 18.2 Å². The number of benzene rings is 1. The minimum atomic E-state index is -5.22. The second-order valence-electron chi connectivity index (χ2n) is 6.77.